The van der Waals surface area contributed by atoms with Crippen LogP contribution in [0.25, 0.3) is 0 Å². The normalized spacial score (nSPS) is 16.3. The van der Waals surface area contributed by atoms with E-state index in [-0.39, 0.29) is 6.61 Å². The van der Waals surface area contributed by atoms with Crippen molar-refractivity contribution in [2.75, 3.05) is 99.9 Å². The first-order chi connectivity index (χ1) is 11.1. The Labute approximate surface area is 143 Å². The number of nitrogens with zero attached hydrogens (tertiary/aromatic N) is 4. The molecular formula is C17H38N4O2. The molecule has 0 spiro atoms. The minimum atomic E-state index is 0.231. The molecule has 6 heteroatoms. The number of aliphatic hydroxyl groups excluding tert-OH is 1. The summed E-state index contributed by atoms with van der Waals surface area (Å²) >= 11 is 0. The third kappa shape index (κ3) is 11.0. The van der Waals surface area contributed by atoms with E-state index in [2.05, 4.69) is 33.7 Å². The lowest BCUT2D eigenvalue weighted by Crippen LogP contribution is -2.35. The lowest BCUT2D eigenvalue weighted by atomic mass is 10.4. The van der Waals surface area contributed by atoms with E-state index >= 15 is 0 Å². The van der Waals surface area contributed by atoms with Gasteiger partial charge in [0.05, 0.1) is 19.8 Å². The van der Waals surface area contributed by atoms with Crippen LogP contribution in [0.2, 0.25) is 0 Å². The van der Waals surface area contributed by atoms with Gasteiger partial charge in [-0.05, 0) is 47.1 Å². The van der Waals surface area contributed by atoms with Crippen LogP contribution in [0.3, 0.4) is 0 Å². The van der Waals surface area contributed by atoms with Crippen molar-refractivity contribution in [3.8, 4) is 0 Å². The zero-order valence-corrected chi connectivity index (χ0v) is 15.5. The summed E-state index contributed by atoms with van der Waals surface area (Å²) < 4.78 is 5.75. The minimum Gasteiger partial charge on any atom is -0.395 e. The number of hydrogen-bond donors (Lipinski definition) is 1. The lowest BCUT2D eigenvalue weighted by Gasteiger charge is -2.22. The fourth-order valence-electron chi connectivity index (χ4n) is 2.71. The Bertz CT molecular complexity index is 275. The van der Waals surface area contributed by atoms with Gasteiger partial charge in [-0.1, -0.05) is 0 Å². The van der Waals surface area contributed by atoms with Crippen molar-refractivity contribution in [3.63, 3.8) is 0 Å². The van der Waals surface area contributed by atoms with E-state index in [4.69, 9.17) is 9.84 Å². The molecule has 0 amide bonds. The monoisotopic (exact) mass is 330 g/mol. The molecule has 1 N–H and O–H groups in total. The average molecular weight is 331 g/mol. The summed E-state index contributed by atoms with van der Waals surface area (Å²) in [5.41, 5.74) is 0. The summed E-state index contributed by atoms with van der Waals surface area (Å²) in [5, 5.41) is 8.87. The first-order valence-corrected chi connectivity index (χ1v) is 9.08. The third-order valence-electron chi connectivity index (χ3n) is 4.58. The zero-order chi connectivity index (χ0) is 16.9. The first-order valence-electron chi connectivity index (χ1n) is 9.08. The largest absolute Gasteiger partial charge is 0.395 e. The molecule has 0 unspecified atom stereocenters. The van der Waals surface area contributed by atoms with Crippen molar-refractivity contribution >= 4 is 0 Å². The highest BCUT2D eigenvalue weighted by atomic mass is 16.5. The molecule has 0 bridgehead atoms. The van der Waals surface area contributed by atoms with Gasteiger partial charge < -0.3 is 29.4 Å². The molecule has 0 aromatic carbocycles. The molecule has 1 heterocycles. The van der Waals surface area contributed by atoms with Crippen LogP contribution in [0, 0.1) is 0 Å². The van der Waals surface area contributed by atoms with E-state index in [0.29, 0.717) is 0 Å². The molecule has 0 aromatic rings. The van der Waals surface area contributed by atoms with Gasteiger partial charge in [-0.3, -0.25) is 0 Å². The standard InChI is InChI=1S/C17H38N4O2/c1-18(12-15-22)8-9-19(2)13-16-23-17-14-20(3)10-11-21-6-4-5-7-21/h22H,4-17H2,1-3H3. The van der Waals surface area contributed by atoms with E-state index in [1.807, 2.05) is 7.05 Å². The van der Waals surface area contributed by atoms with Crippen LogP contribution < -0.4 is 0 Å². The Kier molecular flexibility index (Phi) is 11.8. The SMILES string of the molecule is CN(CCO)CCN(C)CCOCCN(C)CCN1CCCC1. The molecule has 138 valence electrons. The second kappa shape index (κ2) is 13.1. The van der Waals surface area contributed by atoms with Crippen molar-refractivity contribution < 1.29 is 9.84 Å². The minimum absolute atomic E-state index is 0.231. The van der Waals surface area contributed by atoms with Gasteiger partial charge in [-0.25, -0.2) is 0 Å². The van der Waals surface area contributed by atoms with Gasteiger partial charge >= 0.3 is 0 Å². The molecule has 1 aliphatic rings. The van der Waals surface area contributed by atoms with Crippen LogP contribution in [0.1, 0.15) is 12.8 Å². The molecule has 0 atom stereocenters. The zero-order valence-electron chi connectivity index (χ0n) is 15.5. The number of likely N-dealkylation sites (N-methyl/N-ethyl adjacent to an activating group) is 3. The number of rotatable bonds is 14. The van der Waals surface area contributed by atoms with Crippen molar-refractivity contribution in [1.29, 1.82) is 0 Å². The number of hydrogen-bond acceptors (Lipinski definition) is 6. The molecule has 6 nitrogen and oxygen atoms in total. The molecule has 23 heavy (non-hydrogen) atoms. The smallest absolute Gasteiger partial charge is 0.0593 e. The van der Waals surface area contributed by atoms with Gasteiger partial charge in [0.1, 0.15) is 0 Å². The second-order valence-electron chi connectivity index (χ2n) is 6.79. The summed E-state index contributed by atoms with van der Waals surface area (Å²) in [7, 11) is 6.35. The van der Waals surface area contributed by atoms with E-state index in [0.717, 1.165) is 52.5 Å². The van der Waals surface area contributed by atoms with Gasteiger partial charge in [0.25, 0.3) is 0 Å². The third-order valence-corrected chi connectivity index (χ3v) is 4.58. The van der Waals surface area contributed by atoms with E-state index in [1.165, 1.54) is 32.5 Å². The van der Waals surface area contributed by atoms with Crippen LogP contribution in [0.15, 0.2) is 0 Å². The quantitative estimate of drug-likeness (QED) is 0.448. The Morgan fingerprint density at radius 2 is 1.30 bits per heavy atom. The number of aliphatic hydroxyl groups is 1. The summed E-state index contributed by atoms with van der Waals surface area (Å²) in [5.74, 6) is 0. The molecule has 1 fully saturated rings. The predicted molar refractivity (Wildman–Crippen MR) is 96.1 cm³/mol. The van der Waals surface area contributed by atoms with Crippen LogP contribution in [-0.4, -0.2) is 125 Å². The average Bonchev–Trinajstić information content (AvgIpc) is 3.04. The fourth-order valence-corrected chi connectivity index (χ4v) is 2.71. The highest BCUT2D eigenvalue weighted by Gasteiger charge is 2.11. The highest BCUT2D eigenvalue weighted by Crippen LogP contribution is 2.06. The van der Waals surface area contributed by atoms with Crippen molar-refractivity contribution in [2.45, 2.75) is 12.8 Å². The second-order valence-corrected chi connectivity index (χ2v) is 6.79. The predicted octanol–water partition coefficient (Wildman–Crippen LogP) is -0.113. The Morgan fingerprint density at radius 1 is 0.783 bits per heavy atom. The van der Waals surface area contributed by atoms with Crippen LogP contribution in [0.4, 0.5) is 0 Å². The maximum absolute atomic E-state index is 8.87. The highest BCUT2D eigenvalue weighted by molar-refractivity contribution is 4.67. The van der Waals surface area contributed by atoms with Crippen LogP contribution in [-0.2, 0) is 4.74 Å². The molecule has 0 aromatic heterocycles. The topological polar surface area (TPSA) is 42.4 Å². The molecule has 1 saturated heterocycles. The summed E-state index contributed by atoms with van der Waals surface area (Å²) in [6.07, 6.45) is 2.74. The molecule has 0 saturated carbocycles. The van der Waals surface area contributed by atoms with Gasteiger partial charge in [-0.15, -0.1) is 0 Å². The number of likely N-dealkylation sites (tertiary alicyclic amines) is 1. The van der Waals surface area contributed by atoms with Crippen molar-refractivity contribution in [2.24, 2.45) is 0 Å². The molecule has 0 aliphatic carbocycles. The summed E-state index contributed by atoms with van der Waals surface area (Å²) in [6.45, 7) is 11.4. The van der Waals surface area contributed by atoms with Crippen LogP contribution >= 0.6 is 0 Å². The maximum Gasteiger partial charge on any atom is 0.0593 e. The Hall–Kier alpha value is -0.240. The van der Waals surface area contributed by atoms with Gasteiger partial charge in [0.2, 0.25) is 0 Å². The first kappa shape index (κ1) is 20.8. The summed E-state index contributed by atoms with van der Waals surface area (Å²) in [6, 6.07) is 0. The van der Waals surface area contributed by atoms with Crippen molar-refractivity contribution in [3.05, 3.63) is 0 Å². The Morgan fingerprint density at radius 3 is 1.87 bits per heavy atom. The van der Waals surface area contributed by atoms with E-state index < -0.39 is 0 Å². The fraction of sp³-hybridized carbons (Fsp3) is 1.00. The van der Waals surface area contributed by atoms with Gasteiger partial charge in [0, 0.05) is 45.8 Å². The molecule has 1 rings (SSSR count). The molecule has 0 radical (unpaired) electrons. The number of ether oxygens (including phenoxy) is 1. The summed E-state index contributed by atoms with van der Waals surface area (Å²) in [4.78, 5) is 9.35. The van der Waals surface area contributed by atoms with Crippen LogP contribution in [0.5, 0.6) is 0 Å². The van der Waals surface area contributed by atoms with Gasteiger partial charge in [-0.2, -0.15) is 0 Å². The van der Waals surface area contributed by atoms with Crippen molar-refractivity contribution in [1.82, 2.24) is 19.6 Å². The Balaban J connectivity index is 1.89. The van der Waals surface area contributed by atoms with E-state index in [9.17, 15) is 0 Å². The molecule has 1 aliphatic heterocycles. The molecular weight excluding hydrogens is 292 g/mol. The maximum atomic E-state index is 8.87. The van der Waals surface area contributed by atoms with E-state index in [1.54, 1.807) is 0 Å². The lowest BCUT2D eigenvalue weighted by molar-refractivity contribution is 0.0897. The van der Waals surface area contributed by atoms with Gasteiger partial charge in [0.15, 0.2) is 0 Å².